The minimum Gasteiger partial charge on any atom is -0.508 e. The summed E-state index contributed by atoms with van der Waals surface area (Å²) in [7, 11) is 0. The third-order valence-electron chi connectivity index (χ3n) is 4.71. The summed E-state index contributed by atoms with van der Waals surface area (Å²) in [5, 5.41) is 32.8. The van der Waals surface area contributed by atoms with Gasteiger partial charge in [0.25, 0.3) is 0 Å². The Morgan fingerprint density at radius 1 is 1.09 bits per heavy atom. The number of phenols is 1. The van der Waals surface area contributed by atoms with Crippen LogP contribution in [0.3, 0.4) is 0 Å². The quantitative estimate of drug-likeness (QED) is 0.277. The number of ether oxygens (including phenoxy) is 1. The molecule has 2 rings (SSSR count). The highest BCUT2D eigenvalue weighted by atomic mass is 17.1. The van der Waals surface area contributed by atoms with Crippen molar-refractivity contribution >= 4 is 18.0 Å². The first-order valence-corrected chi connectivity index (χ1v) is 10.4. The number of alkyl carbamates (subject to hydrolysis) is 1. The summed E-state index contributed by atoms with van der Waals surface area (Å²) in [6.07, 6.45) is 4.04. The Morgan fingerprint density at radius 3 is 2.27 bits per heavy atom. The van der Waals surface area contributed by atoms with Gasteiger partial charge in [-0.3, -0.25) is 10.1 Å². The predicted octanol–water partition coefficient (Wildman–Crippen LogP) is 2.53. The molecule has 2 amide bonds. The van der Waals surface area contributed by atoms with Crippen LogP contribution in [0.2, 0.25) is 0 Å². The Bertz CT molecular complexity index is 902. The molecule has 0 heterocycles. The monoisotopic (exact) mass is 462 g/mol. The average Bonchev–Trinajstić information content (AvgIpc) is 2.73. The van der Waals surface area contributed by atoms with Gasteiger partial charge in [0.2, 0.25) is 5.91 Å². The lowest BCUT2D eigenvalue weighted by Crippen LogP contribution is -2.53. The molecule has 10 heteroatoms. The van der Waals surface area contributed by atoms with Crippen molar-refractivity contribution in [2.45, 2.75) is 63.8 Å². The van der Waals surface area contributed by atoms with Crippen LogP contribution < -0.4 is 10.6 Å². The van der Waals surface area contributed by atoms with Crippen molar-refractivity contribution in [2.24, 2.45) is 0 Å². The predicted molar refractivity (Wildman–Crippen MR) is 118 cm³/mol. The van der Waals surface area contributed by atoms with Gasteiger partial charge in [-0.25, -0.2) is 14.5 Å². The number of hydrogen-bond acceptors (Lipinski definition) is 7. The molecule has 3 atom stereocenters. The van der Waals surface area contributed by atoms with Crippen LogP contribution in [0.25, 0.3) is 0 Å². The summed E-state index contributed by atoms with van der Waals surface area (Å²) in [5.74, 6) is -1.88. The fourth-order valence-electron chi connectivity index (χ4n) is 3.11. The number of amides is 2. The summed E-state index contributed by atoms with van der Waals surface area (Å²) >= 11 is 0. The number of hydrogen-bond donors (Lipinski definition) is 5. The van der Waals surface area contributed by atoms with Crippen LogP contribution in [0.4, 0.5) is 4.79 Å². The number of benzene rings is 1. The molecule has 180 valence electrons. The van der Waals surface area contributed by atoms with Crippen molar-refractivity contribution in [3.63, 3.8) is 0 Å². The lowest BCUT2D eigenvalue weighted by atomic mass is 9.98. The highest BCUT2D eigenvalue weighted by Crippen LogP contribution is 2.18. The first-order valence-electron chi connectivity index (χ1n) is 10.4. The van der Waals surface area contributed by atoms with Crippen molar-refractivity contribution in [1.82, 2.24) is 10.6 Å². The lowest BCUT2D eigenvalue weighted by Gasteiger charge is -2.25. The molecule has 0 spiro atoms. The molecule has 1 aromatic carbocycles. The molecule has 0 saturated heterocycles. The largest absolute Gasteiger partial charge is 0.508 e. The zero-order valence-corrected chi connectivity index (χ0v) is 18.8. The molecule has 1 aliphatic carbocycles. The minimum atomic E-state index is -1.25. The number of aromatic hydroxyl groups is 1. The van der Waals surface area contributed by atoms with Crippen LogP contribution in [0.1, 0.15) is 39.2 Å². The Labute approximate surface area is 191 Å². The first kappa shape index (κ1) is 25.9. The number of aliphatic carboxylic acids is 1. The number of carbonyl (C=O) groups excluding carboxylic acids is 2. The third-order valence-corrected chi connectivity index (χ3v) is 4.71. The Morgan fingerprint density at radius 2 is 1.76 bits per heavy atom. The zero-order chi connectivity index (χ0) is 24.6. The number of nitrogens with one attached hydrogen (secondary N) is 2. The second-order valence-corrected chi connectivity index (χ2v) is 8.69. The Kier molecular flexibility index (Phi) is 9.01. The fraction of sp³-hybridized carbons (Fsp3) is 0.435. The Hall–Kier alpha value is -3.37. The van der Waals surface area contributed by atoms with E-state index in [1.807, 2.05) is 0 Å². The number of carboxylic acids is 1. The van der Waals surface area contributed by atoms with Crippen LogP contribution in [-0.4, -0.2) is 57.2 Å². The van der Waals surface area contributed by atoms with Gasteiger partial charge in [0.15, 0.2) is 0 Å². The summed E-state index contributed by atoms with van der Waals surface area (Å²) in [6.45, 7) is 5.04. The van der Waals surface area contributed by atoms with Gasteiger partial charge in [0, 0.05) is 12.8 Å². The molecule has 2 unspecified atom stereocenters. The average molecular weight is 462 g/mol. The van der Waals surface area contributed by atoms with Gasteiger partial charge >= 0.3 is 12.1 Å². The van der Waals surface area contributed by atoms with Crippen molar-refractivity contribution in [3.05, 3.63) is 53.6 Å². The third kappa shape index (κ3) is 8.95. The van der Waals surface area contributed by atoms with Crippen LogP contribution in [0, 0.1) is 0 Å². The molecule has 0 radical (unpaired) electrons. The molecule has 0 aromatic heterocycles. The number of carboxylic acid groups (broad SMARTS) is 1. The second kappa shape index (κ2) is 11.5. The molecule has 1 aromatic rings. The fourth-order valence-corrected chi connectivity index (χ4v) is 3.11. The normalized spacial score (nSPS) is 17.5. The van der Waals surface area contributed by atoms with E-state index in [1.165, 1.54) is 12.1 Å². The van der Waals surface area contributed by atoms with Gasteiger partial charge in [0.1, 0.15) is 29.5 Å². The molecular weight excluding hydrogens is 432 g/mol. The van der Waals surface area contributed by atoms with E-state index in [2.05, 4.69) is 15.5 Å². The minimum absolute atomic E-state index is 0.00802. The van der Waals surface area contributed by atoms with E-state index < -0.39 is 41.8 Å². The molecule has 0 bridgehead atoms. The van der Waals surface area contributed by atoms with E-state index >= 15 is 0 Å². The standard InChI is InChI=1S/C23H30N2O8/c1-23(2,3)32-22(30)25-18(12-14-4-8-16(26)9-5-14)20(27)24-19(21(28)29)13-15-6-10-17(33-31)11-7-15/h4-10,17-19,26,31H,11-13H2,1-3H3,(H,24,27)(H,25,30)(H,28,29)/t17?,18?,19-/m0/s1. The first-order chi connectivity index (χ1) is 15.5. The summed E-state index contributed by atoms with van der Waals surface area (Å²) < 4.78 is 5.23. The molecule has 0 aliphatic heterocycles. The highest BCUT2D eigenvalue weighted by molar-refractivity contribution is 5.89. The van der Waals surface area contributed by atoms with Gasteiger partial charge in [0.05, 0.1) is 0 Å². The van der Waals surface area contributed by atoms with Crippen molar-refractivity contribution in [3.8, 4) is 5.75 Å². The molecule has 5 N–H and O–H groups in total. The maximum absolute atomic E-state index is 13.0. The summed E-state index contributed by atoms with van der Waals surface area (Å²) in [6, 6.07) is 3.72. The van der Waals surface area contributed by atoms with Gasteiger partial charge in [-0.2, -0.15) is 0 Å². The maximum atomic E-state index is 13.0. The van der Waals surface area contributed by atoms with Crippen molar-refractivity contribution < 1.29 is 39.5 Å². The van der Waals surface area contributed by atoms with E-state index in [4.69, 9.17) is 9.99 Å². The van der Waals surface area contributed by atoms with E-state index in [0.717, 1.165) is 0 Å². The maximum Gasteiger partial charge on any atom is 0.408 e. The van der Waals surface area contributed by atoms with Gasteiger partial charge < -0.3 is 25.6 Å². The number of carbonyl (C=O) groups is 3. The van der Waals surface area contributed by atoms with E-state index in [1.54, 1.807) is 51.1 Å². The van der Waals surface area contributed by atoms with Crippen LogP contribution >= 0.6 is 0 Å². The van der Waals surface area contributed by atoms with Crippen molar-refractivity contribution in [1.29, 1.82) is 0 Å². The number of phenolic OH excluding ortho intramolecular Hbond substituents is 1. The van der Waals surface area contributed by atoms with Gasteiger partial charge in [-0.1, -0.05) is 30.4 Å². The molecule has 33 heavy (non-hydrogen) atoms. The molecule has 0 saturated carbocycles. The number of allylic oxidation sites excluding steroid dienone is 1. The Balaban J connectivity index is 2.13. The van der Waals surface area contributed by atoms with E-state index in [9.17, 15) is 24.6 Å². The van der Waals surface area contributed by atoms with Gasteiger partial charge in [-0.15, -0.1) is 0 Å². The molecule has 10 nitrogen and oxygen atoms in total. The van der Waals surface area contributed by atoms with Crippen LogP contribution in [0.5, 0.6) is 5.75 Å². The summed E-state index contributed by atoms with van der Waals surface area (Å²) in [4.78, 5) is 41.3. The smallest absolute Gasteiger partial charge is 0.408 e. The van der Waals surface area contributed by atoms with E-state index in [0.29, 0.717) is 17.6 Å². The lowest BCUT2D eigenvalue weighted by molar-refractivity contribution is -0.265. The van der Waals surface area contributed by atoms with Crippen LogP contribution in [-0.2, 0) is 25.6 Å². The zero-order valence-electron chi connectivity index (χ0n) is 18.8. The SMILES string of the molecule is CC(C)(C)OC(=O)NC(Cc1ccc(O)cc1)C(=O)N[C@@H](CC1=CCC(OO)C=C1)C(=O)O. The van der Waals surface area contributed by atoms with Crippen molar-refractivity contribution in [2.75, 3.05) is 0 Å². The molecular formula is C23H30N2O8. The highest BCUT2D eigenvalue weighted by Gasteiger charge is 2.29. The molecule has 0 fully saturated rings. The molecule has 1 aliphatic rings. The number of rotatable bonds is 9. The van der Waals surface area contributed by atoms with E-state index in [-0.39, 0.29) is 18.6 Å². The second-order valence-electron chi connectivity index (χ2n) is 8.69. The summed E-state index contributed by atoms with van der Waals surface area (Å²) in [5.41, 5.74) is 0.512. The topological polar surface area (TPSA) is 154 Å². The van der Waals surface area contributed by atoms with Crippen LogP contribution in [0.15, 0.2) is 48.1 Å². The van der Waals surface area contributed by atoms with Gasteiger partial charge in [-0.05, 0) is 50.5 Å².